The third kappa shape index (κ3) is 3.21. The van der Waals surface area contributed by atoms with Crippen molar-refractivity contribution in [2.24, 2.45) is 5.92 Å². The van der Waals surface area contributed by atoms with Crippen LogP contribution in [-0.2, 0) is 17.4 Å². The molecule has 0 bridgehead atoms. The molecule has 3 heterocycles. The number of nitrogens with zero attached hydrogens (tertiary/aromatic N) is 4. The molecule has 8 heteroatoms. The third-order valence-electron chi connectivity index (χ3n) is 4.52. The molecule has 0 unspecified atom stereocenters. The monoisotopic (exact) mass is 354 g/mol. The second-order valence-corrected chi connectivity index (χ2v) is 6.67. The number of hydrogen-bond acceptors (Lipinski definition) is 3. The summed E-state index contributed by atoms with van der Waals surface area (Å²) >= 11 is 0. The molecule has 3 rings (SSSR count). The topological polar surface area (TPSA) is 50.5 Å². The summed E-state index contributed by atoms with van der Waals surface area (Å²) in [6, 6.07) is 2.32. The largest absolute Gasteiger partial charge is 0.433 e. The fourth-order valence-corrected chi connectivity index (χ4v) is 3.26. The van der Waals surface area contributed by atoms with Crippen LogP contribution in [0.4, 0.5) is 13.2 Å². The Balaban J connectivity index is 2.08. The van der Waals surface area contributed by atoms with Gasteiger partial charge in [0.2, 0.25) is 5.91 Å². The van der Waals surface area contributed by atoms with E-state index in [4.69, 9.17) is 0 Å². The number of carbonyl (C=O) groups excluding carboxylic acids is 1. The highest BCUT2D eigenvalue weighted by atomic mass is 19.4. The number of likely N-dealkylation sites (tertiary alicyclic amines) is 1. The number of halogens is 3. The second-order valence-electron chi connectivity index (χ2n) is 6.67. The maximum Gasteiger partial charge on any atom is 0.433 e. The number of amides is 1. The fraction of sp³-hybridized carbons (Fsp3) is 0.588. The first-order valence-electron chi connectivity index (χ1n) is 8.49. The maximum atomic E-state index is 13.4. The minimum atomic E-state index is -4.52. The van der Waals surface area contributed by atoms with Gasteiger partial charge in [-0.05, 0) is 25.3 Å². The average Bonchev–Trinajstić information content (AvgIpc) is 3.17. The van der Waals surface area contributed by atoms with Gasteiger partial charge in [-0.1, -0.05) is 20.8 Å². The lowest BCUT2D eigenvalue weighted by Crippen LogP contribution is -2.33. The molecule has 1 aliphatic rings. The van der Waals surface area contributed by atoms with E-state index in [-0.39, 0.29) is 23.5 Å². The van der Waals surface area contributed by atoms with Crippen molar-refractivity contribution < 1.29 is 18.0 Å². The molecule has 2 aromatic rings. The van der Waals surface area contributed by atoms with E-state index in [2.05, 4.69) is 10.1 Å². The molecule has 1 aliphatic heterocycles. The van der Waals surface area contributed by atoms with E-state index in [0.717, 1.165) is 17.0 Å². The quantitative estimate of drug-likeness (QED) is 0.846. The second kappa shape index (κ2) is 6.31. The third-order valence-corrected chi connectivity index (χ3v) is 4.52. The van der Waals surface area contributed by atoms with Crippen molar-refractivity contribution in [1.29, 1.82) is 0 Å². The molecular weight excluding hydrogens is 333 g/mol. The van der Waals surface area contributed by atoms with E-state index in [1.54, 1.807) is 17.9 Å². The van der Waals surface area contributed by atoms with Crippen molar-refractivity contribution >= 4 is 11.6 Å². The van der Waals surface area contributed by atoms with Crippen LogP contribution in [0.15, 0.2) is 12.1 Å². The van der Waals surface area contributed by atoms with E-state index in [1.165, 1.54) is 0 Å². The molecule has 136 valence electrons. The van der Waals surface area contributed by atoms with Crippen LogP contribution in [0.25, 0.3) is 5.65 Å². The summed E-state index contributed by atoms with van der Waals surface area (Å²) in [6.45, 7) is 6.00. The molecule has 0 N–H and O–H groups in total. The van der Waals surface area contributed by atoms with Crippen LogP contribution in [0.3, 0.4) is 0 Å². The summed E-state index contributed by atoms with van der Waals surface area (Å²) in [5.74, 6) is -0.161. The zero-order valence-electron chi connectivity index (χ0n) is 14.5. The highest BCUT2D eigenvalue weighted by molar-refractivity contribution is 5.78. The van der Waals surface area contributed by atoms with E-state index >= 15 is 0 Å². The van der Waals surface area contributed by atoms with Crippen molar-refractivity contribution in [3.05, 3.63) is 29.2 Å². The molecule has 0 saturated carbocycles. The summed E-state index contributed by atoms with van der Waals surface area (Å²) in [5, 5.41) is 4.17. The number of aromatic nitrogens is 3. The maximum absolute atomic E-state index is 13.4. The number of hydrogen-bond donors (Lipinski definition) is 0. The van der Waals surface area contributed by atoms with Crippen LogP contribution in [0, 0.1) is 5.92 Å². The van der Waals surface area contributed by atoms with Gasteiger partial charge in [0.1, 0.15) is 5.69 Å². The molecule has 1 atom stereocenters. The molecule has 25 heavy (non-hydrogen) atoms. The predicted octanol–water partition coefficient (Wildman–Crippen LogP) is 3.63. The average molecular weight is 354 g/mol. The SMILES string of the molecule is CCc1cc(C(F)(F)F)n2nc([C@@H]3CCCN3C(=O)C(C)C)cc2n1. The van der Waals surface area contributed by atoms with Crippen molar-refractivity contribution in [2.75, 3.05) is 6.54 Å². The summed E-state index contributed by atoms with van der Waals surface area (Å²) < 4.78 is 41.0. The Morgan fingerprint density at radius 3 is 2.68 bits per heavy atom. The highest BCUT2D eigenvalue weighted by Crippen LogP contribution is 2.35. The van der Waals surface area contributed by atoms with Crippen molar-refractivity contribution in [3.63, 3.8) is 0 Å². The molecule has 1 amide bonds. The zero-order chi connectivity index (χ0) is 18.4. The normalized spacial score (nSPS) is 18.5. The highest BCUT2D eigenvalue weighted by Gasteiger charge is 2.37. The first kappa shape index (κ1) is 17.7. The molecule has 0 aliphatic carbocycles. The zero-order valence-corrected chi connectivity index (χ0v) is 14.5. The van der Waals surface area contributed by atoms with Crippen LogP contribution >= 0.6 is 0 Å². The van der Waals surface area contributed by atoms with Crippen molar-refractivity contribution in [1.82, 2.24) is 19.5 Å². The lowest BCUT2D eigenvalue weighted by molar-refractivity contribution is -0.143. The van der Waals surface area contributed by atoms with Crippen LogP contribution in [0.5, 0.6) is 0 Å². The number of rotatable bonds is 3. The van der Waals surface area contributed by atoms with Crippen LogP contribution in [0.1, 0.15) is 56.7 Å². The van der Waals surface area contributed by atoms with Gasteiger partial charge < -0.3 is 4.90 Å². The molecule has 1 saturated heterocycles. The van der Waals surface area contributed by atoms with E-state index in [9.17, 15) is 18.0 Å². The Kier molecular flexibility index (Phi) is 4.47. The Morgan fingerprint density at radius 2 is 2.08 bits per heavy atom. The number of fused-ring (bicyclic) bond motifs is 1. The summed E-state index contributed by atoms with van der Waals surface area (Å²) in [5.41, 5.74) is 0.177. The van der Waals surface area contributed by atoms with Crippen LogP contribution in [0.2, 0.25) is 0 Å². The lowest BCUT2D eigenvalue weighted by atomic mass is 10.1. The molecule has 0 radical (unpaired) electrons. The molecule has 1 fully saturated rings. The van der Waals surface area contributed by atoms with Gasteiger partial charge in [0.05, 0.1) is 11.7 Å². The summed E-state index contributed by atoms with van der Waals surface area (Å²) in [7, 11) is 0. The minimum Gasteiger partial charge on any atom is -0.334 e. The van der Waals surface area contributed by atoms with Crippen LogP contribution in [-0.4, -0.2) is 31.9 Å². The van der Waals surface area contributed by atoms with Gasteiger partial charge in [0.15, 0.2) is 5.65 Å². The molecule has 5 nitrogen and oxygen atoms in total. The fourth-order valence-electron chi connectivity index (χ4n) is 3.26. The molecule has 2 aromatic heterocycles. The van der Waals surface area contributed by atoms with Crippen molar-refractivity contribution in [2.45, 2.75) is 52.3 Å². The Bertz CT molecular complexity index is 797. The standard InChI is InChI=1S/C17H21F3N4O/c1-4-11-8-14(17(18,19)20)24-15(21-11)9-12(22-24)13-6-5-7-23(13)16(25)10(2)3/h8-10,13H,4-7H2,1-3H3/t13-/m0/s1. The van der Waals surface area contributed by atoms with Gasteiger partial charge in [0, 0.05) is 24.2 Å². The van der Waals surface area contributed by atoms with Gasteiger partial charge in [-0.3, -0.25) is 4.79 Å². The number of carbonyl (C=O) groups is 1. The lowest BCUT2D eigenvalue weighted by Gasteiger charge is -2.25. The van der Waals surface area contributed by atoms with E-state index in [0.29, 0.717) is 30.8 Å². The Morgan fingerprint density at radius 1 is 1.36 bits per heavy atom. The smallest absolute Gasteiger partial charge is 0.334 e. The first-order chi connectivity index (χ1) is 11.7. The minimum absolute atomic E-state index is 0.00203. The van der Waals surface area contributed by atoms with Gasteiger partial charge in [-0.2, -0.15) is 18.3 Å². The van der Waals surface area contributed by atoms with Crippen molar-refractivity contribution in [3.8, 4) is 0 Å². The number of alkyl halides is 3. The Labute approximate surface area is 143 Å². The Hall–Kier alpha value is -2.12. The first-order valence-corrected chi connectivity index (χ1v) is 8.49. The van der Waals surface area contributed by atoms with Gasteiger partial charge in [-0.25, -0.2) is 9.50 Å². The van der Waals surface area contributed by atoms with Gasteiger partial charge in [0.25, 0.3) is 0 Å². The molecule has 0 spiro atoms. The van der Waals surface area contributed by atoms with Gasteiger partial charge in [-0.15, -0.1) is 0 Å². The van der Waals surface area contributed by atoms with E-state index < -0.39 is 11.9 Å². The predicted molar refractivity (Wildman–Crippen MR) is 85.9 cm³/mol. The summed E-state index contributed by atoms with van der Waals surface area (Å²) in [4.78, 5) is 18.4. The number of aryl methyl sites for hydroxylation is 1. The molecular formula is C17H21F3N4O. The molecule has 0 aromatic carbocycles. The van der Waals surface area contributed by atoms with E-state index in [1.807, 2.05) is 13.8 Å². The van der Waals surface area contributed by atoms with Crippen LogP contribution < -0.4 is 0 Å². The van der Waals surface area contributed by atoms with Gasteiger partial charge >= 0.3 is 6.18 Å². The summed E-state index contributed by atoms with van der Waals surface area (Å²) in [6.07, 6.45) is -2.60.